The molecule has 3 heterocycles. The van der Waals surface area contributed by atoms with Gasteiger partial charge in [0.1, 0.15) is 24.0 Å². The molecule has 6 atom stereocenters. The fraction of sp³-hybridized carbons (Fsp3) is 0.472. The maximum Gasteiger partial charge on any atom is 0.253 e. The number of hydrogen-bond donors (Lipinski definition) is 6. The van der Waals surface area contributed by atoms with Crippen LogP contribution in [0.5, 0.6) is 34.5 Å². The largest absolute Gasteiger partial charge is 0.502 e. The zero-order valence-electron chi connectivity index (χ0n) is 38.4. The molecule has 0 saturated heterocycles. The SMILES string of the molecule is CCNCOc1cc(OC)c2c3c1C(O)Nc1cc4c(c(c1-3)CC2)C(O)C(c1cc(OC)c(O)c(OCC(CO)C2(c3ccccc3)CCC3(CCCC3)C(CN3C(=O)C=CC3=O)C2)c1)CO4. The van der Waals surface area contributed by atoms with Crippen LogP contribution in [0.3, 0.4) is 0 Å². The van der Waals surface area contributed by atoms with Crippen molar-refractivity contribution in [2.75, 3.05) is 59.2 Å². The number of imide groups is 1. The van der Waals surface area contributed by atoms with Crippen LogP contribution < -0.4 is 34.3 Å². The number of hydrogen-bond acceptors (Lipinski definition) is 13. The van der Waals surface area contributed by atoms with Gasteiger partial charge in [-0.2, -0.15) is 0 Å². The average Bonchev–Trinajstić information content (AvgIpc) is 3.95. The summed E-state index contributed by atoms with van der Waals surface area (Å²) in [4.78, 5) is 27.3. The molecule has 14 heteroatoms. The summed E-state index contributed by atoms with van der Waals surface area (Å²) in [5.41, 5.74) is 6.63. The molecule has 2 saturated carbocycles. The van der Waals surface area contributed by atoms with Crippen LogP contribution in [0.4, 0.5) is 5.69 Å². The normalized spacial score (nSPS) is 24.7. The number of ether oxygens (including phenoxy) is 5. The van der Waals surface area contributed by atoms with E-state index in [2.05, 4.69) is 22.8 Å². The van der Waals surface area contributed by atoms with Gasteiger partial charge in [0, 0.05) is 82.6 Å². The van der Waals surface area contributed by atoms with Crippen LogP contribution in [0.2, 0.25) is 0 Å². The summed E-state index contributed by atoms with van der Waals surface area (Å²) >= 11 is 0. The van der Waals surface area contributed by atoms with Gasteiger partial charge in [0.05, 0.1) is 39.1 Å². The molecule has 0 bridgehead atoms. The third-order valence-corrected chi connectivity index (χ3v) is 16.1. The Kier molecular flexibility index (Phi) is 12.1. The van der Waals surface area contributed by atoms with Crippen molar-refractivity contribution in [1.29, 1.82) is 0 Å². The Hall–Kier alpha value is -5.80. The average molecular weight is 916 g/mol. The highest BCUT2D eigenvalue weighted by Crippen LogP contribution is 2.61. The molecule has 6 aliphatic rings. The Balaban J connectivity index is 0.972. The highest BCUT2D eigenvalue weighted by Gasteiger charge is 2.54. The number of methoxy groups -OCH3 is 2. The van der Waals surface area contributed by atoms with E-state index >= 15 is 0 Å². The zero-order valence-corrected chi connectivity index (χ0v) is 38.4. The number of aliphatic hydroxyl groups is 3. The molecule has 354 valence electrons. The summed E-state index contributed by atoms with van der Waals surface area (Å²) in [6.07, 6.45) is 8.39. The Bertz CT molecular complexity index is 2570. The summed E-state index contributed by atoms with van der Waals surface area (Å²) in [6.45, 7) is 3.21. The first-order chi connectivity index (χ1) is 32.5. The number of carbonyl (C=O) groups is 2. The number of fused-ring (bicyclic) bond motifs is 2. The summed E-state index contributed by atoms with van der Waals surface area (Å²) < 4.78 is 30.9. The summed E-state index contributed by atoms with van der Waals surface area (Å²) in [6, 6.07) is 17.3. The smallest absolute Gasteiger partial charge is 0.253 e. The lowest BCUT2D eigenvalue weighted by Crippen LogP contribution is -2.52. The molecule has 4 aromatic rings. The molecule has 3 aliphatic carbocycles. The number of benzene rings is 4. The second-order valence-corrected chi connectivity index (χ2v) is 19.2. The van der Waals surface area contributed by atoms with E-state index in [0.717, 1.165) is 66.3 Å². The number of carbonyl (C=O) groups excluding carboxylic acids is 2. The van der Waals surface area contributed by atoms with E-state index < -0.39 is 29.6 Å². The first kappa shape index (κ1) is 45.0. The van der Waals surface area contributed by atoms with Crippen LogP contribution in [0, 0.1) is 17.3 Å². The molecule has 6 unspecified atom stereocenters. The molecule has 67 heavy (non-hydrogen) atoms. The van der Waals surface area contributed by atoms with Crippen LogP contribution in [-0.4, -0.2) is 91.0 Å². The molecule has 3 aliphatic heterocycles. The molecular formula is C53H61N3O11. The van der Waals surface area contributed by atoms with Gasteiger partial charge in [-0.05, 0) is 91.6 Å². The van der Waals surface area contributed by atoms with E-state index in [-0.39, 0.29) is 66.9 Å². The lowest BCUT2D eigenvalue weighted by Gasteiger charge is -2.54. The molecule has 2 fully saturated rings. The first-order valence-corrected chi connectivity index (χ1v) is 23.8. The van der Waals surface area contributed by atoms with Gasteiger partial charge in [-0.25, -0.2) is 0 Å². The number of phenols is 1. The Labute approximate surface area is 390 Å². The summed E-state index contributed by atoms with van der Waals surface area (Å²) in [5.74, 6) is 0.209. The number of anilines is 1. The van der Waals surface area contributed by atoms with E-state index in [1.54, 1.807) is 19.2 Å². The van der Waals surface area contributed by atoms with Gasteiger partial charge in [-0.15, -0.1) is 0 Å². The van der Waals surface area contributed by atoms with Crippen molar-refractivity contribution in [2.45, 2.75) is 88.4 Å². The van der Waals surface area contributed by atoms with E-state index in [0.29, 0.717) is 72.0 Å². The first-order valence-electron chi connectivity index (χ1n) is 23.8. The van der Waals surface area contributed by atoms with Crippen molar-refractivity contribution in [3.05, 3.63) is 100 Å². The fourth-order valence-electron chi connectivity index (χ4n) is 12.6. The lowest BCUT2D eigenvalue weighted by molar-refractivity contribution is -0.139. The topological polar surface area (TPSA) is 189 Å². The van der Waals surface area contributed by atoms with Gasteiger partial charge in [0.25, 0.3) is 11.8 Å². The summed E-state index contributed by atoms with van der Waals surface area (Å²) in [5, 5.41) is 53.5. The highest BCUT2D eigenvalue weighted by molar-refractivity contribution is 6.12. The fourth-order valence-corrected chi connectivity index (χ4v) is 12.6. The van der Waals surface area contributed by atoms with E-state index in [4.69, 9.17) is 23.7 Å². The quantitative estimate of drug-likeness (QED) is 0.0409. The van der Waals surface area contributed by atoms with Crippen molar-refractivity contribution in [3.8, 4) is 45.6 Å². The minimum atomic E-state index is -1.06. The lowest BCUT2D eigenvalue weighted by atomic mass is 9.52. The molecule has 6 N–H and O–H groups in total. The molecule has 0 aromatic heterocycles. The number of aromatic hydroxyl groups is 1. The maximum absolute atomic E-state index is 12.9. The highest BCUT2D eigenvalue weighted by atomic mass is 16.5. The van der Waals surface area contributed by atoms with Crippen molar-refractivity contribution >= 4 is 17.5 Å². The Morgan fingerprint density at radius 3 is 2.31 bits per heavy atom. The van der Waals surface area contributed by atoms with Crippen molar-refractivity contribution < 1.29 is 53.7 Å². The number of aliphatic hydroxyl groups excluding tert-OH is 3. The van der Waals surface area contributed by atoms with Gasteiger partial charge in [0.2, 0.25) is 5.75 Å². The second kappa shape index (κ2) is 18.0. The summed E-state index contributed by atoms with van der Waals surface area (Å²) in [7, 11) is 3.10. The Morgan fingerprint density at radius 1 is 0.866 bits per heavy atom. The molecule has 14 nitrogen and oxygen atoms in total. The van der Waals surface area contributed by atoms with Gasteiger partial charge < -0.3 is 49.4 Å². The van der Waals surface area contributed by atoms with Crippen LogP contribution >= 0.6 is 0 Å². The number of nitrogens with zero attached hydrogens (tertiary/aromatic N) is 1. The minimum absolute atomic E-state index is 0.00978. The van der Waals surface area contributed by atoms with E-state index in [1.165, 1.54) is 24.2 Å². The molecule has 1 spiro atoms. The van der Waals surface area contributed by atoms with Gasteiger partial charge in [0.15, 0.2) is 17.7 Å². The standard InChI is InChI=1S/C53H61N3O11/c1-4-54-29-67-40-23-38(63-2)34-12-13-35-45-37(55-51(62)48(40)47(34)45)22-39-46(35)49(60)36(28-66-39)30-20-41(64-3)50(61)42(21-30)65-27-33(26-57)53(31-10-6-5-7-11-31)19-18-52(16-8-9-17-52)32(24-53)25-56-43(58)14-15-44(56)59/h5-7,10-11,14-15,20-23,32-33,36,49,51,54-55,57,60-62H,4,8-9,12-13,16-19,24-29H2,1-3H3. The van der Waals surface area contributed by atoms with Crippen molar-refractivity contribution in [1.82, 2.24) is 10.2 Å². The molecular weight excluding hydrogens is 855 g/mol. The van der Waals surface area contributed by atoms with Gasteiger partial charge in [-0.3, -0.25) is 19.8 Å². The van der Waals surface area contributed by atoms with Crippen LogP contribution in [0.25, 0.3) is 11.1 Å². The Morgan fingerprint density at radius 2 is 1.60 bits per heavy atom. The van der Waals surface area contributed by atoms with Crippen LogP contribution in [0.1, 0.15) is 103 Å². The minimum Gasteiger partial charge on any atom is -0.502 e. The zero-order chi connectivity index (χ0) is 46.6. The third-order valence-electron chi connectivity index (χ3n) is 16.1. The van der Waals surface area contributed by atoms with Crippen molar-refractivity contribution in [2.24, 2.45) is 17.3 Å². The number of nitrogens with one attached hydrogen (secondary N) is 2. The van der Waals surface area contributed by atoms with Crippen molar-refractivity contribution in [3.63, 3.8) is 0 Å². The predicted molar refractivity (Wildman–Crippen MR) is 250 cm³/mol. The van der Waals surface area contributed by atoms with Crippen LogP contribution in [0.15, 0.2) is 66.7 Å². The molecule has 4 aromatic carbocycles. The molecule has 0 radical (unpaired) electrons. The monoisotopic (exact) mass is 915 g/mol. The van der Waals surface area contributed by atoms with E-state index in [1.807, 2.05) is 37.3 Å². The van der Waals surface area contributed by atoms with Crippen LogP contribution in [-0.2, 0) is 27.8 Å². The second-order valence-electron chi connectivity index (χ2n) is 19.2. The number of phenolic OH excluding ortho intramolecular Hbond substituents is 1. The number of amides is 2. The maximum atomic E-state index is 12.9. The molecule has 10 rings (SSSR count). The van der Waals surface area contributed by atoms with E-state index in [9.17, 15) is 30.0 Å². The third kappa shape index (κ3) is 7.56. The molecule has 2 amide bonds. The van der Waals surface area contributed by atoms with Gasteiger partial charge >= 0.3 is 0 Å². The van der Waals surface area contributed by atoms with Gasteiger partial charge in [-0.1, -0.05) is 50.1 Å². The predicted octanol–water partition coefficient (Wildman–Crippen LogP) is 6.96. The number of rotatable bonds is 15.